The third-order valence-electron chi connectivity index (χ3n) is 7.72. The van der Waals surface area contributed by atoms with Gasteiger partial charge in [-0.3, -0.25) is 4.57 Å². The Balaban J connectivity index is 1.48. The molecular formula is C36H25N3S. The lowest BCUT2D eigenvalue weighted by Crippen LogP contribution is -2.04. The third kappa shape index (κ3) is 3.64. The van der Waals surface area contributed by atoms with E-state index in [9.17, 15) is 0 Å². The summed E-state index contributed by atoms with van der Waals surface area (Å²) in [5.74, 6) is 0.681. The molecular weight excluding hydrogens is 506 g/mol. The summed E-state index contributed by atoms with van der Waals surface area (Å²) in [6.07, 6.45) is 0. The van der Waals surface area contributed by atoms with Crippen molar-refractivity contribution in [1.29, 1.82) is 0 Å². The molecule has 8 rings (SSSR count). The first kappa shape index (κ1) is 23.1. The van der Waals surface area contributed by atoms with Gasteiger partial charge in [0.25, 0.3) is 0 Å². The van der Waals surface area contributed by atoms with Crippen LogP contribution in [-0.4, -0.2) is 14.5 Å². The Morgan fingerprint density at radius 2 is 1.07 bits per heavy atom. The molecule has 3 heterocycles. The summed E-state index contributed by atoms with van der Waals surface area (Å²) in [5.41, 5.74) is 8.72. The first-order chi connectivity index (χ1) is 19.6. The van der Waals surface area contributed by atoms with Crippen molar-refractivity contribution in [2.75, 3.05) is 0 Å². The molecule has 40 heavy (non-hydrogen) atoms. The third-order valence-corrected chi connectivity index (χ3v) is 8.85. The molecule has 190 valence electrons. The van der Waals surface area contributed by atoms with Gasteiger partial charge in [-0.05, 0) is 56.3 Å². The molecule has 8 aromatic rings. The van der Waals surface area contributed by atoms with Crippen LogP contribution in [0.4, 0.5) is 0 Å². The summed E-state index contributed by atoms with van der Waals surface area (Å²) in [7, 11) is 0. The van der Waals surface area contributed by atoms with Crippen molar-refractivity contribution in [3.63, 3.8) is 0 Å². The van der Waals surface area contributed by atoms with E-state index in [0.717, 1.165) is 33.5 Å². The van der Waals surface area contributed by atoms with Crippen LogP contribution in [0.15, 0.2) is 115 Å². The Morgan fingerprint density at radius 1 is 0.500 bits per heavy atom. The average molecular weight is 532 g/mol. The molecule has 0 amide bonds. The van der Waals surface area contributed by atoms with Gasteiger partial charge in [-0.25, -0.2) is 9.97 Å². The smallest absolute Gasteiger partial charge is 0.235 e. The van der Waals surface area contributed by atoms with E-state index in [4.69, 9.17) is 9.97 Å². The molecule has 0 saturated carbocycles. The second-order valence-corrected chi connectivity index (χ2v) is 11.6. The van der Waals surface area contributed by atoms with Crippen molar-refractivity contribution >= 4 is 53.3 Å². The number of thiophene rings is 1. The average Bonchev–Trinajstić information content (AvgIpc) is 3.50. The van der Waals surface area contributed by atoms with Crippen molar-refractivity contribution in [2.24, 2.45) is 0 Å². The molecule has 3 aromatic heterocycles. The number of hydrogen-bond donors (Lipinski definition) is 0. The minimum absolute atomic E-state index is 0.681. The Morgan fingerprint density at radius 3 is 1.75 bits per heavy atom. The Bertz CT molecular complexity index is 2170. The van der Waals surface area contributed by atoms with Gasteiger partial charge in [0.05, 0.1) is 22.4 Å². The Kier molecular flexibility index (Phi) is 5.13. The number of aromatic nitrogens is 3. The predicted octanol–water partition coefficient (Wildman–Crippen LogP) is 9.89. The van der Waals surface area contributed by atoms with Crippen LogP contribution >= 0.6 is 11.3 Å². The molecule has 0 atom stereocenters. The molecule has 0 bridgehead atoms. The largest absolute Gasteiger partial charge is 0.278 e. The van der Waals surface area contributed by atoms with Crippen LogP contribution in [0.3, 0.4) is 0 Å². The molecule has 0 radical (unpaired) electrons. The van der Waals surface area contributed by atoms with Crippen molar-refractivity contribution in [3.8, 4) is 28.5 Å². The van der Waals surface area contributed by atoms with Crippen LogP contribution in [0.2, 0.25) is 0 Å². The van der Waals surface area contributed by atoms with E-state index in [2.05, 4.69) is 122 Å². The van der Waals surface area contributed by atoms with Crippen LogP contribution < -0.4 is 0 Å². The zero-order valence-electron chi connectivity index (χ0n) is 22.2. The molecule has 0 unspecified atom stereocenters. The topological polar surface area (TPSA) is 30.7 Å². The van der Waals surface area contributed by atoms with Gasteiger partial charge in [-0.15, -0.1) is 11.3 Å². The van der Waals surface area contributed by atoms with Gasteiger partial charge in [0, 0.05) is 42.1 Å². The van der Waals surface area contributed by atoms with Crippen LogP contribution in [0.5, 0.6) is 0 Å². The van der Waals surface area contributed by atoms with Gasteiger partial charge >= 0.3 is 0 Å². The van der Waals surface area contributed by atoms with E-state index in [0.29, 0.717) is 5.95 Å². The van der Waals surface area contributed by atoms with Gasteiger partial charge in [0.15, 0.2) is 0 Å². The molecule has 4 heteroatoms. The highest BCUT2D eigenvalue weighted by atomic mass is 32.1. The summed E-state index contributed by atoms with van der Waals surface area (Å²) in [6.45, 7) is 4.32. The highest BCUT2D eigenvalue weighted by Crippen LogP contribution is 2.41. The summed E-state index contributed by atoms with van der Waals surface area (Å²) < 4.78 is 4.84. The van der Waals surface area contributed by atoms with Gasteiger partial charge in [-0.2, -0.15) is 0 Å². The number of hydrogen-bond acceptors (Lipinski definition) is 3. The summed E-state index contributed by atoms with van der Waals surface area (Å²) in [6, 6.07) is 41.0. The Labute approximate surface area is 236 Å². The summed E-state index contributed by atoms with van der Waals surface area (Å²) in [4.78, 5) is 10.4. The number of fused-ring (bicyclic) bond motifs is 6. The fourth-order valence-corrected chi connectivity index (χ4v) is 6.88. The molecule has 3 nitrogen and oxygen atoms in total. The molecule has 0 aliphatic rings. The Hall–Kier alpha value is -4.80. The number of rotatable bonds is 3. The van der Waals surface area contributed by atoms with Gasteiger partial charge in [0.1, 0.15) is 0 Å². The SMILES string of the molecule is Cc1ccc2sc3cc4c(cc3c2c1)c1cc(C)ccc1n4-c1nc(-c2ccccc2)cc(-c2ccccc2)n1. The second kappa shape index (κ2) is 8.87. The minimum atomic E-state index is 0.681. The molecule has 0 spiro atoms. The van der Waals surface area contributed by atoms with Gasteiger partial charge < -0.3 is 0 Å². The second-order valence-electron chi connectivity index (χ2n) is 10.5. The fourth-order valence-electron chi connectivity index (χ4n) is 5.78. The van der Waals surface area contributed by atoms with Gasteiger partial charge in [-0.1, -0.05) is 83.9 Å². The van der Waals surface area contributed by atoms with Crippen LogP contribution in [0.25, 0.3) is 70.4 Å². The monoisotopic (exact) mass is 531 g/mol. The lowest BCUT2D eigenvalue weighted by molar-refractivity contribution is 0.996. The first-order valence-corrected chi connectivity index (χ1v) is 14.3. The van der Waals surface area contributed by atoms with Crippen LogP contribution in [-0.2, 0) is 0 Å². The highest BCUT2D eigenvalue weighted by Gasteiger charge is 2.19. The van der Waals surface area contributed by atoms with E-state index in [1.807, 2.05) is 23.5 Å². The molecule has 0 N–H and O–H groups in total. The molecule has 0 fully saturated rings. The molecule has 5 aromatic carbocycles. The quantitative estimate of drug-likeness (QED) is 0.227. The predicted molar refractivity (Wildman–Crippen MR) is 170 cm³/mol. The maximum Gasteiger partial charge on any atom is 0.235 e. The first-order valence-electron chi connectivity index (χ1n) is 13.5. The fraction of sp³-hybridized carbons (Fsp3) is 0.0556. The molecule has 0 aliphatic carbocycles. The van der Waals surface area contributed by atoms with Crippen molar-refractivity contribution < 1.29 is 0 Å². The van der Waals surface area contributed by atoms with Crippen molar-refractivity contribution in [1.82, 2.24) is 14.5 Å². The maximum absolute atomic E-state index is 5.18. The molecule has 0 aliphatic heterocycles. The molecule has 0 saturated heterocycles. The number of aryl methyl sites for hydroxylation is 2. The standard InChI is InChI=1S/C36H25N3S/c1-22-13-15-32-26(17-22)27-19-29-28-18-23(2)14-16-34(28)40-35(29)21-33(27)39(32)36-37-30(24-9-5-3-6-10-24)20-31(38-36)25-11-7-4-8-12-25/h3-21H,1-2H3. The summed E-state index contributed by atoms with van der Waals surface area (Å²) in [5, 5.41) is 5.08. The lowest BCUT2D eigenvalue weighted by Gasteiger charge is -2.12. The van der Waals surface area contributed by atoms with E-state index in [1.165, 1.54) is 42.1 Å². The van der Waals surface area contributed by atoms with Crippen molar-refractivity contribution in [2.45, 2.75) is 13.8 Å². The lowest BCUT2D eigenvalue weighted by atomic mass is 10.1. The van der Waals surface area contributed by atoms with E-state index >= 15 is 0 Å². The van der Waals surface area contributed by atoms with Crippen molar-refractivity contribution in [3.05, 3.63) is 126 Å². The maximum atomic E-state index is 5.18. The van der Waals surface area contributed by atoms with E-state index in [-0.39, 0.29) is 0 Å². The number of nitrogens with zero attached hydrogens (tertiary/aromatic N) is 3. The van der Waals surface area contributed by atoms with E-state index in [1.54, 1.807) is 0 Å². The van der Waals surface area contributed by atoms with E-state index < -0.39 is 0 Å². The summed E-state index contributed by atoms with van der Waals surface area (Å²) >= 11 is 1.85. The normalized spacial score (nSPS) is 11.8. The highest BCUT2D eigenvalue weighted by molar-refractivity contribution is 7.25. The van der Waals surface area contributed by atoms with Gasteiger partial charge in [0.2, 0.25) is 5.95 Å². The van der Waals surface area contributed by atoms with Crippen LogP contribution in [0, 0.1) is 13.8 Å². The number of benzene rings is 5. The van der Waals surface area contributed by atoms with Crippen LogP contribution in [0.1, 0.15) is 11.1 Å². The minimum Gasteiger partial charge on any atom is -0.278 e. The zero-order valence-corrected chi connectivity index (χ0v) is 23.0. The zero-order chi connectivity index (χ0) is 26.8.